The van der Waals surface area contributed by atoms with E-state index in [0.717, 1.165) is 4.88 Å². The molecular weight excluding hydrogens is 300 g/mol. The summed E-state index contributed by atoms with van der Waals surface area (Å²) in [5.74, 6) is 0.771. The summed E-state index contributed by atoms with van der Waals surface area (Å²) in [5.41, 5.74) is -0.308. The predicted octanol–water partition coefficient (Wildman–Crippen LogP) is 2.89. The number of anilines is 1. The van der Waals surface area contributed by atoms with E-state index in [0.29, 0.717) is 5.82 Å². The van der Waals surface area contributed by atoms with Gasteiger partial charge in [-0.25, -0.2) is 18.6 Å². The van der Waals surface area contributed by atoms with Gasteiger partial charge in [0.25, 0.3) is 6.43 Å². The highest BCUT2D eigenvalue weighted by Gasteiger charge is 2.41. The van der Waals surface area contributed by atoms with Gasteiger partial charge in [0.05, 0.1) is 10.4 Å². The maximum Gasteiger partial charge on any atom is 0.323 e. The van der Waals surface area contributed by atoms with Crippen LogP contribution >= 0.6 is 11.3 Å². The van der Waals surface area contributed by atoms with Gasteiger partial charge in [-0.05, 0) is 18.8 Å². The molecule has 0 bridgehead atoms. The number of aliphatic hydroxyl groups is 1. The molecule has 118 valence electrons. The number of hydrogen-bond acceptors (Lipinski definition) is 4. The molecular formula is C13H19F2N3O2S. The Morgan fingerprint density at radius 1 is 1.48 bits per heavy atom. The van der Waals surface area contributed by atoms with Gasteiger partial charge in [-0.15, -0.1) is 11.3 Å². The van der Waals surface area contributed by atoms with E-state index < -0.39 is 12.0 Å². The second-order valence-electron chi connectivity index (χ2n) is 5.54. The first-order valence-electron chi connectivity index (χ1n) is 6.83. The van der Waals surface area contributed by atoms with E-state index in [9.17, 15) is 18.7 Å². The number of nitrogens with zero attached hydrogens (tertiary/aromatic N) is 2. The molecule has 2 heterocycles. The number of nitrogens with one attached hydrogen (secondary N) is 1. The van der Waals surface area contributed by atoms with Crippen LogP contribution in [0.15, 0.2) is 5.51 Å². The van der Waals surface area contributed by atoms with Gasteiger partial charge in [0.15, 0.2) is 0 Å². The van der Waals surface area contributed by atoms with Gasteiger partial charge < -0.3 is 10.0 Å². The van der Waals surface area contributed by atoms with Crippen molar-refractivity contribution in [2.24, 2.45) is 0 Å². The maximum atomic E-state index is 12.7. The lowest BCUT2D eigenvalue weighted by atomic mass is 9.92. The zero-order valence-corrected chi connectivity index (χ0v) is 12.8. The number of carbonyl (C=O) groups excluding carboxylic acids is 1. The average molecular weight is 319 g/mol. The van der Waals surface area contributed by atoms with Crippen LogP contribution in [0.4, 0.5) is 19.4 Å². The first-order chi connectivity index (χ1) is 9.83. The van der Waals surface area contributed by atoms with Crippen LogP contribution in [-0.4, -0.2) is 46.1 Å². The molecule has 1 aromatic rings. The van der Waals surface area contributed by atoms with Crippen molar-refractivity contribution in [2.75, 3.05) is 18.4 Å². The minimum atomic E-state index is -2.78. The Morgan fingerprint density at radius 3 is 2.62 bits per heavy atom. The van der Waals surface area contributed by atoms with E-state index in [1.807, 2.05) is 13.8 Å². The van der Waals surface area contributed by atoms with Crippen LogP contribution in [0.2, 0.25) is 0 Å². The summed E-state index contributed by atoms with van der Waals surface area (Å²) in [5, 5.41) is 12.4. The lowest BCUT2D eigenvalue weighted by Crippen LogP contribution is -2.51. The van der Waals surface area contributed by atoms with Crippen molar-refractivity contribution >= 4 is 23.2 Å². The maximum absolute atomic E-state index is 12.7. The third-order valence-corrected chi connectivity index (χ3v) is 4.80. The van der Waals surface area contributed by atoms with E-state index in [4.69, 9.17) is 0 Å². The molecule has 0 spiro atoms. The van der Waals surface area contributed by atoms with Crippen LogP contribution in [0.3, 0.4) is 0 Å². The molecule has 0 radical (unpaired) electrons. The Labute approximate surface area is 126 Å². The van der Waals surface area contributed by atoms with Crippen LogP contribution in [0.5, 0.6) is 0 Å². The SMILES string of the molecule is CC(C)c1scnc1NC(=O)N1CCC(O)(C(F)F)CC1. The Kier molecular flexibility index (Phi) is 4.77. The average Bonchev–Trinajstić information content (AvgIpc) is 2.87. The number of likely N-dealkylation sites (tertiary alicyclic amines) is 1. The number of rotatable bonds is 3. The third-order valence-electron chi connectivity index (χ3n) is 3.67. The van der Waals surface area contributed by atoms with E-state index in [1.165, 1.54) is 16.2 Å². The highest BCUT2D eigenvalue weighted by atomic mass is 32.1. The molecule has 21 heavy (non-hydrogen) atoms. The van der Waals surface area contributed by atoms with Crippen molar-refractivity contribution < 1.29 is 18.7 Å². The normalized spacial score (nSPS) is 18.3. The fourth-order valence-electron chi connectivity index (χ4n) is 2.25. The summed E-state index contributed by atoms with van der Waals surface area (Å²) >= 11 is 1.47. The molecule has 5 nitrogen and oxygen atoms in total. The van der Waals surface area contributed by atoms with E-state index in [2.05, 4.69) is 10.3 Å². The molecule has 1 aliphatic heterocycles. The number of thiazole rings is 1. The molecule has 2 amide bonds. The van der Waals surface area contributed by atoms with E-state index >= 15 is 0 Å². The van der Waals surface area contributed by atoms with Crippen molar-refractivity contribution in [3.05, 3.63) is 10.4 Å². The highest BCUT2D eigenvalue weighted by molar-refractivity contribution is 7.10. The largest absolute Gasteiger partial charge is 0.384 e. The number of hydrogen-bond donors (Lipinski definition) is 2. The molecule has 8 heteroatoms. The summed E-state index contributed by atoms with van der Waals surface area (Å²) in [6, 6.07) is -0.362. The minimum Gasteiger partial charge on any atom is -0.384 e. The molecule has 0 atom stereocenters. The summed E-state index contributed by atoms with van der Waals surface area (Å²) < 4.78 is 25.4. The van der Waals surface area contributed by atoms with Crippen molar-refractivity contribution in [1.82, 2.24) is 9.88 Å². The van der Waals surface area contributed by atoms with Gasteiger partial charge in [-0.1, -0.05) is 13.8 Å². The molecule has 2 rings (SSSR count). The number of piperidine rings is 1. The van der Waals surface area contributed by atoms with Crippen molar-refractivity contribution in [1.29, 1.82) is 0 Å². The fraction of sp³-hybridized carbons (Fsp3) is 0.692. The van der Waals surface area contributed by atoms with Crippen LogP contribution in [0.25, 0.3) is 0 Å². The molecule has 1 fully saturated rings. The van der Waals surface area contributed by atoms with Crippen LogP contribution < -0.4 is 5.32 Å². The number of urea groups is 1. The lowest BCUT2D eigenvalue weighted by Gasteiger charge is -2.37. The Balaban J connectivity index is 1.95. The Hall–Kier alpha value is -1.28. The number of amides is 2. The monoisotopic (exact) mass is 319 g/mol. The third kappa shape index (κ3) is 3.49. The Bertz CT molecular complexity index is 499. The summed E-state index contributed by atoms with van der Waals surface area (Å²) in [7, 11) is 0. The van der Waals surface area contributed by atoms with Crippen molar-refractivity contribution in [3.8, 4) is 0 Å². The van der Waals surface area contributed by atoms with Gasteiger partial charge in [-0.3, -0.25) is 5.32 Å². The van der Waals surface area contributed by atoms with Crippen LogP contribution in [0, 0.1) is 0 Å². The zero-order valence-electron chi connectivity index (χ0n) is 12.0. The molecule has 2 N–H and O–H groups in total. The molecule has 1 aliphatic rings. The summed E-state index contributed by atoms with van der Waals surface area (Å²) in [6.45, 7) is 4.22. The van der Waals surface area contributed by atoms with Gasteiger partial charge in [-0.2, -0.15) is 0 Å². The minimum absolute atomic E-state index is 0.105. The van der Waals surface area contributed by atoms with E-state index in [-0.39, 0.29) is 37.9 Å². The summed E-state index contributed by atoms with van der Waals surface area (Å²) in [6.07, 6.45) is -3.02. The number of alkyl halides is 2. The second kappa shape index (κ2) is 6.23. The second-order valence-corrected chi connectivity index (χ2v) is 6.43. The molecule has 1 saturated heterocycles. The first-order valence-corrected chi connectivity index (χ1v) is 7.71. The van der Waals surface area contributed by atoms with E-state index in [1.54, 1.807) is 5.51 Å². The van der Waals surface area contributed by atoms with Gasteiger partial charge >= 0.3 is 6.03 Å². The van der Waals surface area contributed by atoms with Gasteiger partial charge in [0.2, 0.25) is 0 Å². The van der Waals surface area contributed by atoms with Crippen molar-refractivity contribution in [2.45, 2.75) is 44.6 Å². The highest BCUT2D eigenvalue weighted by Crippen LogP contribution is 2.30. The molecule has 0 saturated carbocycles. The zero-order chi connectivity index (χ0) is 15.6. The first kappa shape index (κ1) is 16.1. The smallest absolute Gasteiger partial charge is 0.323 e. The number of carbonyl (C=O) groups is 1. The molecule has 0 unspecified atom stereocenters. The molecule has 0 aliphatic carbocycles. The van der Waals surface area contributed by atoms with Crippen molar-refractivity contribution in [3.63, 3.8) is 0 Å². The quantitative estimate of drug-likeness (QED) is 0.900. The lowest BCUT2D eigenvalue weighted by molar-refractivity contribution is -0.121. The Morgan fingerprint density at radius 2 is 2.10 bits per heavy atom. The summed E-state index contributed by atoms with van der Waals surface area (Å²) in [4.78, 5) is 18.7. The van der Waals surface area contributed by atoms with Gasteiger partial charge in [0, 0.05) is 13.1 Å². The number of halogens is 2. The van der Waals surface area contributed by atoms with Crippen LogP contribution in [-0.2, 0) is 0 Å². The predicted molar refractivity (Wildman–Crippen MR) is 77.0 cm³/mol. The van der Waals surface area contributed by atoms with Crippen LogP contribution in [0.1, 0.15) is 37.5 Å². The van der Waals surface area contributed by atoms with Gasteiger partial charge in [0.1, 0.15) is 11.4 Å². The molecule has 1 aromatic heterocycles. The fourth-order valence-corrected chi connectivity index (χ4v) is 3.01. The standard InChI is InChI=1S/C13H19F2N3O2S/c1-8(2)9-10(16-7-21-9)17-12(19)18-5-3-13(20,4-6-18)11(14)15/h7-8,11,20H,3-6H2,1-2H3,(H,17,19). The molecule has 0 aromatic carbocycles. The number of aromatic nitrogens is 1. The topological polar surface area (TPSA) is 65.5 Å².